The van der Waals surface area contributed by atoms with Gasteiger partial charge in [-0.05, 0) is 18.3 Å². The van der Waals surface area contributed by atoms with Gasteiger partial charge in [-0.1, -0.05) is 19.3 Å². The lowest BCUT2D eigenvalue weighted by Gasteiger charge is -2.36. The summed E-state index contributed by atoms with van der Waals surface area (Å²) in [6, 6.07) is 0. The number of amides is 1. The Morgan fingerprint density at radius 2 is 1.73 bits per heavy atom. The summed E-state index contributed by atoms with van der Waals surface area (Å²) in [6.07, 6.45) is 3.86. The van der Waals surface area contributed by atoms with Crippen LogP contribution >= 0.6 is 0 Å². The quantitative estimate of drug-likeness (QED) is 0.576. The van der Waals surface area contributed by atoms with Crippen molar-refractivity contribution in [2.24, 2.45) is 5.41 Å². The number of nitrogens with one attached hydrogen (secondary N) is 1. The molecule has 126 valence electrons. The van der Waals surface area contributed by atoms with Crippen LogP contribution in [0.4, 0.5) is 4.79 Å². The summed E-state index contributed by atoms with van der Waals surface area (Å²) in [5.41, 5.74) is -0.422. The number of rotatable bonds is 6. The second-order valence-corrected chi connectivity index (χ2v) is 6.37. The van der Waals surface area contributed by atoms with Crippen molar-refractivity contribution in [3.05, 3.63) is 0 Å². The predicted molar refractivity (Wildman–Crippen MR) is 78.1 cm³/mol. The molecule has 0 radical (unpaired) electrons. The minimum Gasteiger partial charge on any atom is -0.481 e. The van der Waals surface area contributed by atoms with Gasteiger partial charge in [0.25, 0.3) is 5.79 Å². The molecule has 7 nitrogen and oxygen atoms in total. The normalized spacial score (nSPS) is 17.4. The fourth-order valence-corrected chi connectivity index (χ4v) is 2.92. The second kappa shape index (κ2) is 7.47. The predicted octanol–water partition coefficient (Wildman–Crippen LogP) is 2.44. The topological polar surface area (TPSA) is 102 Å². The maximum Gasteiger partial charge on any atom is 0.410 e. The highest BCUT2D eigenvalue weighted by Crippen LogP contribution is 2.38. The van der Waals surface area contributed by atoms with Crippen molar-refractivity contribution in [2.45, 2.75) is 65.1 Å². The molecule has 0 atom stereocenters. The average Bonchev–Trinajstić information content (AvgIpc) is 2.34. The molecule has 7 heteroatoms. The maximum atomic E-state index is 11.8. The molecule has 1 fully saturated rings. The number of esters is 1. The van der Waals surface area contributed by atoms with Crippen LogP contribution in [-0.4, -0.2) is 35.5 Å². The third kappa shape index (κ3) is 6.32. The maximum absolute atomic E-state index is 11.8. The molecule has 0 unspecified atom stereocenters. The number of aliphatic carboxylic acids is 1. The second-order valence-electron chi connectivity index (χ2n) is 6.37. The van der Waals surface area contributed by atoms with E-state index in [2.05, 4.69) is 5.32 Å². The molecule has 0 saturated heterocycles. The Kier molecular flexibility index (Phi) is 6.20. The van der Waals surface area contributed by atoms with E-state index in [-0.39, 0.29) is 13.0 Å². The Hall–Kier alpha value is -1.79. The summed E-state index contributed by atoms with van der Waals surface area (Å²) in [7, 11) is 0. The zero-order chi connectivity index (χ0) is 16.8. The highest BCUT2D eigenvalue weighted by atomic mass is 16.7. The van der Waals surface area contributed by atoms with Crippen molar-refractivity contribution >= 4 is 18.0 Å². The van der Waals surface area contributed by atoms with Gasteiger partial charge >= 0.3 is 18.0 Å². The van der Waals surface area contributed by atoms with Gasteiger partial charge in [0.15, 0.2) is 0 Å². The molecule has 1 aliphatic carbocycles. The van der Waals surface area contributed by atoms with Crippen LogP contribution in [-0.2, 0) is 19.1 Å². The van der Waals surface area contributed by atoms with E-state index in [1.165, 1.54) is 20.8 Å². The van der Waals surface area contributed by atoms with Gasteiger partial charge < -0.3 is 19.9 Å². The Morgan fingerprint density at radius 3 is 2.23 bits per heavy atom. The van der Waals surface area contributed by atoms with Gasteiger partial charge in [-0.3, -0.25) is 9.59 Å². The Balaban J connectivity index is 2.55. The van der Waals surface area contributed by atoms with Gasteiger partial charge in [-0.2, -0.15) is 0 Å². The van der Waals surface area contributed by atoms with E-state index in [1.807, 2.05) is 0 Å². The van der Waals surface area contributed by atoms with Crippen molar-refractivity contribution in [2.75, 3.05) is 6.54 Å². The average molecular weight is 315 g/mol. The van der Waals surface area contributed by atoms with Gasteiger partial charge in [-0.25, -0.2) is 4.79 Å². The highest BCUT2D eigenvalue weighted by Gasteiger charge is 2.35. The fourth-order valence-electron chi connectivity index (χ4n) is 2.92. The van der Waals surface area contributed by atoms with E-state index < -0.39 is 29.2 Å². The monoisotopic (exact) mass is 315 g/mol. The van der Waals surface area contributed by atoms with Crippen LogP contribution in [0.5, 0.6) is 0 Å². The summed E-state index contributed by atoms with van der Waals surface area (Å²) < 4.78 is 9.92. The summed E-state index contributed by atoms with van der Waals surface area (Å²) in [4.78, 5) is 33.8. The standard InChI is InChI=1S/C15H25NO6/c1-11(17)21-14(2,3)22-13(20)16-10-15(9-12(18)19)7-5-4-6-8-15/h4-10H2,1-3H3,(H,16,20)(H,18,19). The zero-order valence-electron chi connectivity index (χ0n) is 13.4. The lowest BCUT2D eigenvalue weighted by atomic mass is 9.72. The first-order chi connectivity index (χ1) is 10.1. The molecule has 0 spiro atoms. The minimum absolute atomic E-state index is 0.0284. The lowest BCUT2D eigenvalue weighted by Crippen LogP contribution is -2.43. The number of alkyl carbamates (subject to hydrolysis) is 1. The molecule has 1 amide bonds. The Labute approximate surface area is 130 Å². The number of carbonyl (C=O) groups is 3. The molecule has 0 heterocycles. The van der Waals surface area contributed by atoms with Crippen molar-refractivity contribution in [1.82, 2.24) is 5.32 Å². The molecule has 22 heavy (non-hydrogen) atoms. The number of carboxylic acids is 1. The van der Waals surface area contributed by atoms with Crippen LogP contribution in [0.1, 0.15) is 59.3 Å². The Morgan fingerprint density at radius 1 is 1.14 bits per heavy atom. The smallest absolute Gasteiger partial charge is 0.410 e. The van der Waals surface area contributed by atoms with Crippen LogP contribution in [0.3, 0.4) is 0 Å². The summed E-state index contributed by atoms with van der Waals surface area (Å²) in [6.45, 7) is 4.39. The molecule has 1 aliphatic rings. The molecule has 0 aromatic rings. The van der Waals surface area contributed by atoms with Crippen molar-refractivity contribution in [1.29, 1.82) is 0 Å². The number of ether oxygens (including phenoxy) is 2. The molecule has 1 rings (SSSR count). The van der Waals surface area contributed by atoms with Crippen LogP contribution in [0.2, 0.25) is 0 Å². The molecule has 0 bridgehead atoms. The van der Waals surface area contributed by atoms with E-state index in [0.717, 1.165) is 32.1 Å². The largest absolute Gasteiger partial charge is 0.481 e. The number of carbonyl (C=O) groups excluding carboxylic acids is 2. The molecule has 1 saturated carbocycles. The molecule has 0 aromatic heterocycles. The molecule has 0 aromatic carbocycles. The molecule has 2 N–H and O–H groups in total. The van der Waals surface area contributed by atoms with Crippen LogP contribution in [0.15, 0.2) is 0 Å². The fraction of sp³-hybridized carbons (Fsp3) is 0.800. The summed E-state index contributed by atoms with van der Waals surface area (Å²) >= 11 is 0. The van der Waals surface area contributed by atoms with E-state index in [1.54, 1.807) is 0 Å². The number of carboxylic acid groups (broad SMARTS) is 1. The van der Waals surface area contributed by atoms with E-state index in [0.29, 0.717) is 0 Å². The molecular weight excluding hydrogens is 290 g/mol. The summed E-state index contributed by atoms with van der Waals surface area (Å²) in [5, 5.41) is 11.7. The van der Waals surface area contributed by atoms with Gasteiger partial charge in [0.2, 0.25) is 0 Å². The first-order valence-electron chi connectivity index (χ1n) is 7.52. The van der Waals surface area contributed by atoms with Gasteiger partial charge in [0.1, 0.15) is 0 Å². The van der Waals surface area contributed by atoms with E-state index >= 15 is 0 Å². The molecule has 0 aliphatic heterocycles. The van der Waals surface area contributed by atoms with E-state index in [9.17, 15) is 14.4 Å². The first-order valence-corrected chi connectivity index (χ1v) is 7.52. The summed E-state index contributed by atoms with van der Waals surface area (Å²) in [5.74, 6) is -2.77. The van der Waals surface area contributed by atoms with Gasteiger partial charge in [-0.15, -0.1) is 0 Å². The third-order valence-corrected chi connectivity index (χ3v) is 3.78. The lowest BCUT2D eigenvalue weighted by molar-refractivity contribution is -0.192. The van der Waals surface area contributed by atoms with Crippen LogP contribution in [0, 0.1) is 5.41 Å². The molecular formula is C15H25NO6. The Bertz CT molecular complexity index is 426. The van der Waals surface area contributed by atoms with Gasteiger partial charge in [0, 0.05) is 27.3 Å². The van der Waals surface area contributed by atoms with Crippen molar-refractivity contribution < 1.29 is 29.0 Å². The number of hydrogen-bond acceptors (Lipinski definition) is 5. The van der Waals surface area contributed by atoms with E-state index in [4.69, 9.17) is 14.6 Å². The number of hydrogen-bond donors (Lipinski definition) is 2. The SMILES string of the molecule is CC(=O)OC(C)(C)OC(=O)NCC1(CC(=O)O)CCCCC1. The third-order valence-electron chi connectivity index (χ3n) is 3.78. The van der Waals surface area contributed by atoms with Crippen molar-refractivity contribution in [3.63, 3.8) is 0 Å². The zero-order valence-corrected chi connectivity index (χ0v) is 13.4. The van der Waals surface area contributed by atoms with Gasteiger partial charge in [0.05, 0.1) is 6.42 Å². The van der Waals surface area contributed by atoms with Crippen LogP contribution < -0.4 is 5.32 Å². The minimum atomic E-state index is -1.36. The van der Waals surface area contributed by atoms with Crippen molar-refractivity contribution in [3.8, 4) is 0 Å². The first kappa shape index (κ1) is 18.3. The van der Waals surface area contributed by atoms with Crippen LogP contribution in [0.25, 0.3) is 0 Å². The highest BCUT2D eigenvalue weighted by molar-refractivity contribution is 5.70.